The molecule has 3 heteroatoms. The van der Waals surface area contributed by atoms with Crippen LogP contribution >= 0.6 is 12.2 Å². The van der Waals surface area contributed by atoms with Crippen molar-refractivity contribution in [1.82, 2.24) is 0 Å². The second kappa shape index (κ2) is 5.05. The number of rotatable bonds is 4. The van der Waals surface area contributed by atoms with Crippen LogP contribution in [0.4, 0.5) is 5.69 Å². The molecule has 17 heavy (non-hydrogen) atoms. The van der Waals surface area contributed by atoms with E-state index in [1.54, 1.807) is 0 Å². The van der Waals surface area contributed by atoms with Gasteiger partial charge in [0.05, 0.1) is 0 Å². The predicted molar refractivity (Wildman–Crippen MR) is 77.7 cm³/mol. The molecule has 0 atom stereocenters. The Kier molecular flexibility index (Phi) is 3.67. The molecule has 2 rings (SSSR count). The highest BCUT2D eigenvalue weighted by molar-refractivity contribution is 7.80. The lowest BCUT2D eigenvalue weighted by Crippen LogP contribution is -2.29. The van der Waals surface area contributed by atoms with Crippen LogP contribution < -0.4 is 10.6 Å². The molecule has 0 aliphatic heterocycles. The molecule has 1 aromatic rings. The molecule has 0 spiro atoms. The van der Waals surface area contributed by atoms with E-state index in [4.69, 9.17) is 18.0 Å². The monoisotopic (exact) mass is 248 g/mol. The standard InChI is InChI=1S/C14H20N2S/c1-10-8-12(14(15)17)6-7-13(10)16(2)9-11-4-3-5-11/h6-8,11H,3-5,9H2,1-2H3,(H2,15,17). The van der Waals surface area contributed by atoms with Gasteiger partial charge in [0.1, 0.15) is 4.99 Å². The van der Waals surface area contributed by atoms with Crippen LogP contribution in [-0.2, 0) is 0 Å². The van der Waals surface area contributed by atoms with Gasteiger partial charge in [0.15, 0.2) is 0 Å². The second-order valence-corrected chi connectivity index (χ2v) is 5.48. The van der Waals surface area contributed by atoms with E-state index in [2.05, 4.69) is 31.0 Å². The minimum Gasteiger partial charge on any atom is -0.389 e. The summed E-state index contributed by atoms with van der Waals surface area (Å²) in [6.45, 7) is 3.28. The van der Waals surface area contributed by atoms with E-state index in [0.29, 0.717) is 4.99 Å². The molecule has 0 radical (unpaired) electrons. The van der Waals surface area contributed by atoms with Crippen LogP contribution in [0.15, 0.2) is 18.2 Å². The van der Waals surface area contributed by atoms with Crippen molar-refractivity contribution >= 4 is 22.9 Å². The zero-order valence-corrected chi connectivity index (χ0v) is 11.4. The Hall–Kier alpha value is -1.09. The summed E-state index contributed by atoms with van der Waals surface area (Å²) in [5.74, 6) is 0.884. The lowest BCUT2D eigenvalue weighted by atomic mass is 9.85. The van der Waals surface area contributed by atoms with Crippen LogP contribution in [-0.4, -0.2) is 18.6 Å². The fourth-order valence-electron chi connectivity index (χ4n) is 2.40. The van der Waals surface area contributed by atoms with Crippen LogP contribution in [0.5, 0.6) is 0 Å². The van der Waals surface area contributed by atoms with Gasteiger partial charge in [-0.3, -0.25) is 0 Å². The van der Waals surface area contributed by atoms with Crippen molar-refractivity contribution in [3.8, 4) is 0 Å². The Morgan fingerprint density at radius 1 is 1.47 bits per heavy atom. The average molecular weight is 248 g/mol. The topological polar surface area (TPSA) is 29.3 Å². The molecule has 2 N–H and O–H groups in total. The van der Waals surface area contributed by atoms with E-state index < -0.39 is 0 Å². The van der Waals surface area contributed by atoms with Gasteiger partial charge in [0.2, 0.25) is 0 Å². The number of aryl methyl sites for hydroxylation is 1. The highest BCUT2D eigenvalue weighted by Crippen LogP contribution is 2.29. The first kappa shape index (κ1) is 12.4. The molecule has 0 amide bonds. The second-order valence-electron chi connectivity index (χ2n) is 5.04. The molecule has 1 aromatic carbocycles. The summed E-state index contributed by atoms with van der Waals surface area (Å²) in [5, 5.41) is 0. The highest BCUT2D eigenvalue weighted by Gasteiger charge is 2.19. The summed E-state index contributed by atoms with van der Waals surface area (Å²) in [6, 6.07) is 6.22. The van der Waals surface area contributed by atoms with Gasteiger partial charge in [-0.25, -0.2) is 0 Å². The van der Waals surface area contributed by atoms with Gasteiger partial charge in [-0.15, -0.1) is 0 Å². The highest BCUT2D eigenvalue weighted by atomic mass is 32.1. The third-order valence-corrected chi connectivity index (χ3v) is 3.89. The lowest BCUT2D eigenvalue weighted by molar-refractivity contribution is 0.321. The van der Waals surface area contributed by atoms with Gasteiger partial charge in [-0.1, -0.05) is 18.6 Å². The first-order chi connectivity index (χ1) is 8.08. The number of nitrogens with zero attached hydrogens (tertiary/aromatic N) is 1. The van der Waals surface area contributed by atoms with Crippen molar-refractivity contribution in [2.24, 2.45) is 11.7 Å². The molecular weight excluding hydrogens is 228 g/mol. The van der Waals surface area contributed by atoms with Crippen molar-refractivity contribution in [3.63, 3.8) is 0 Å². The molecule has 0 bridgehead atoms. The summed E-state index contributed by atoms with van der Waals surface area (Å²) in [4.78, 5) is 2.82. The fraction of sp³-hybridized carbons (Fsp3) is 0.500. The number of nitrogens with two attached hydrogens (primary N) is 1. The first-order valence-electron chi connectivity index (χ1n) is 6.19. The molecule has 0 aromatic heterocycles. The Bertz CT molecular complexity index is 424. The van der Waals surface area contributed by atoms with E-state index in [1.807, 2.05) is 6.07 Å². The summed E-state index contributed by atoms with van der Waals surface area (Å²) in [7, 11) is 2.17. The quantitative estimate of drug-likeness (QED) is 0.831. The summed E-state index contributed by atoms with van der Waals surface area (Å²) in [5.41, 5.74) is 9.13. The number of hydrogen-bond donors (Lipinski definition) is 1. The summed E-state index contributed by atoms with van der Waals surface area (Å²) >= 11 is 4.99. The number of anilines is 1. The van der Waals surface area contributed by atoms with Gasteiger partial charge in [-0.2, -0.15) is 0 Å². The third kappa shape index (κ3) is 2.78. The maximum absolute atomic E-state index is 5.64. The maximum atomic E-state index is 5.64. The van der Waals surface area contributed by atoms with E-state index in [1.165, 1.54) is 30.5 Å². The Morgan fingerprint density at radius 2 is 2.18 bits per heavy atom. The minimum atomic E-state index is 0.473. The van der Waals surface area contributed by atoms with Crippen molar-refractivity contribution in [1.29, 1.82) is 0 Å². The molecule has 1 saturated carbocycles. The first-order valence-corrected chi connectivity index (χ1v) is 6.60. The predicted octanol–water partition coefficient (Wildman–Crippen LogP) is 2.87. The van der Waals surface area contributed by atoms with Crippen molar-refractivity contribution < 1.29 is 0 Å². The molecular formula is C14H20N2S. The smallest absolute Gasteiger partial charge is 0.103 e. The Labute approximate surface area is 109 Å². The Morgan fingerprint density at radius 3 is 2.65 bits per heavy atom. The van der Waals surface area contributed by atoms with Gasteiger partial charge in [0, 0.05) is 24.8 Å². The normalized spacial score (nSPS) is 15.4. The fourth-order valence-corrected chi connectivity index (χ4v) is 2.53. The average Bonchev–Trinajstić information content (AvgIpc) is 2.22. The minimum absolute atomic E-state index is 0.473. The zero-order chi connectivity index (χ0) is 12.4. The molecule has 0 unspecified atom stereocenters. The van der Waals surface area contributed by atoms with E-state index in [-0.39, 0.29) is 0 Å². The molecule has 1 aliphatic rings. The molecule has 1 fully saturated rings. The summed E-state index contributed by atoms with van der Waals surface area (Å²) < 4.78 is 0. The Balaban J connectivity index is 2.11. The van der Waals surface area contributed by atoms with Crippen LogP contribution in [0, 0.1) is 12.8 Å². The molecule has 0 saturated heterocycles. The van der Waals surface area contributed by atoms with Crippen LogP contribution in [0.2, 0.25) is 0 Å². The van der Waals surface area contributed by atoms with Crippen molar-refractivity contribution in [2.75, 3.05) is 18.5 Å². The van der Waals surface area contributed by atoms with Gasteiger partial charge >= 0.3 is 0 Å². The SMILES string of the molecule is Cc1cc(C(N)=S)ccc1N(C)CC1CCC1. The van der Waals surface area contributed by atoms with Crippen molar-refractivity contribution in [3.05, 3.63) is 29.3 Å². The molecule has 0 heterocycles. The van der Waals surface area contributed by atoms with Gasteiger partial charge in [-0.05, 0) is 49.4 Å². The van der Waals surface area contributed by atoms with E-state index in [9.17, 15) is 0 Å². The largest absolute Gasteiger partial charge is 0.389 e. The molecule has 2 nitrogen and oxygen atoms in total. The van der Waals surface area contributed by atoms with E-state index >= 15 is 0 Å². The third-order valence-electron chi connectivity index (χ3n) is 3.65. The van der Waals surface area contributed by atoms with Crippen LogP contribution in [0.1, 0.15) is 30.4 Å². The van der Waals surface area contributed by atoms with Crippen molar-refractivity contribution in [2.45, 2.75) is 26.2 Å². The summed E-state index contributed by atoms with van der Waals surface area (Å²) in [6.07, 6.45) is 4.17. The number of benzene rings is 1. The maximum Gasteiger partial charge on any atom is 0.103 e. The molecule has 1 aliphatic carbocycles. The van der Waals surface area contributed by atoms with Gasteiger partial charge in [0.25, 0.3) is 0 Å². The van der Waals surface area contributed by atoms with Crippen LogP contribution in [0.25, 0.3) is 0 Å². The van der Waals surface area contributed by atoms with E-state index in [0.717, 1.165) is 18.0 Å². The van der Waals surface area contributed by atoms with Gasteiger partial charge < -0.3 is 10.6 Å². The number of hydrogen-bond acceptors (Lipinski definition) is 2. The number of thiocarbonyl (C=S) groups is 1. The lowest BCUT2D eigenvalue weighted by Gasteiger charge is -2.32. The van der Waals surface area contributed by atoms with Crippen LogP contribution in [0.3, 0.4) is 0 Å². The molecule has 92 valence electrons. The zero-order valence-electron chi connectivity index (χ0n) is 10.6.